The molecule has 2 atom stereocenters. The van der Waals surface area contributed by atoms with Gasteiger partial charge < -0.3 is 14.4 Å². The molecule has 4 rings (SSSR count). The van der Waals surface area contributed by atoms with Crippen molar-refractivity contribution in [3.8, 4) is 0 Å². The van der Waals surface area contributed by atoms with Crippen molar-refractivity contribution in [2.75, 3.05) is 0 Å². The number of carbonyl (C=O) groups excluding carboxylic acids is 1. The Balaban J connectivity index is 1.44. The quantitative estimate of drug-likeness (QED) is 0.667. The maximum atomic E-state index is 12.4. The van der Waals surface area contributed by atoms with Gasteiger partial charge in [-0.15, -0.1) is 0 Å². The summed E-state index contributed by atoms with van der Waals surface area (Å²) in [4.78, 5) is 16.8. The van der Waals surface area contributed by atoms with Crippen LogP contribution in [0, 0.1) is 11.8 Å². The first kappa shape index (κ1) is 21.8. The van der Waals surface area contributed by atoms with Crippen LogP contribution >= 0.6 is 0 Å². The number of allylic oxidation sites excluding steroid dienone is 2. The van der Waals surface area contributed by atoms with Crippen molar-refractivity contribution in [3.63, 3.8) is 0 Å². The van der Waals surface area contributed by atoms with E-state index in [0.717, 1.165) is 31.4 Å². The summed E-state index contributed by atoms with van der Waals surface area (Å²) in [5.41, 5.74) is 4.39. The van der Waals surface area contributed by atoms with Gasteiger partial charge in [-0.05, 0) is 82.4 Å². The zero-order chi connectivity index (χ0) is 22.2. The molecular formula is C26H34N2O3. The normalized spacial score (nSPS) is 24.7. The lowest BCUT2D eigenvalue weighted by Gasteiger charge is -2.33. The minimum Gasteiger partial charge on any atom is -0.460 e. The number of aliphatic hydroxyl groups is 1. The summed E-state index contributed by atoms with van der Waals surface area (Å²) >= 11 is 0. The van der Waals surface area contributed by atoms with Crippen LogP contribution in [0.1, 0.15) is 77.1 Å². The second-order valence-electron chi connectivity index (χ2n) is 10.1. The molecule has 2 heterocycles. The van der Waals surface area contributed by atoms with Crippen LogP contribution in [0.3, 0.4) is 0 Å². The van der Waals surface area contributed by atoms with Crippen LogP contribution in [0.5, 0.6) is 0 Å². The largest absolute Gasteiger partial charge is 0.460 e. The third-order valence-electron chi connectivity index (χ3n) is 6.73. The highest BCUT2D eigenvalue weighted by Crippen LogP contribution is 2.45. The number of imidazole rings is 1. The minimum absolute atomic E-state index is 0.0450. The number of esters is 1. The molecular weight excluding hydrogens is 388 g/mol. The number of benzene rings is 1. The van der Waals surface area contributed by atoms with E-state index >= 15 is 0 Å². The van der Waals surface area contributed by atoms with Crippen molar-refractivity contribution in [2.45, 2.75) is 77.5 Å². The molecule has 31 heavy (non-hydrogen) atoms. The van der Waals surface area contributed by atoms with E-state index in [2.05, 4.69) is 40.7 Å². The molecule has 1 aliphatic heterocycles. The number of hydrogen-bond acceptors (Lipinski definition) is 4. The van der Waals surface area contributed by atoms with E-state index in [4.69, 9.17) is 4.74 Å². The average molecular weight is 423 g/mol. The molecule has 5 heteroatoms. The highest BCUT2D eigenvalue weighted by Gasteiger charge is 2.36. The van der Waals surface area contributed by atoms with E-state index < -0.39 is 11.7 Å². The Bertz CT molecular complexity index is 947. The van der Waals surface area contributed by atoms with Crippen molar-refractivity contribution in [3.05, 3.63) is 54.1 Å². The maximum Gasteiger partial charge on any atom is 0.309 e. The van der Waals surface area contributed by atoms with Gasteiger partial charge in [-0.25, -0.2) is 4.98 Å². The smallest absolute Gasteiger partial charge is 0.309 e. The Morgan fingerprint density at radius 3 is 2.52 bits per heavy atom. The van der Waals surface area contributed by atoms with Gasteiger partial charge in [-0.3, -0.25) is 4.79 Å². The highest BCUT2D eigenvalue weighted by atomic mass is 16.6. The molecule has 0 radical (unpaired) electrons. The SMILES string of the molecule is CC1=C(c2ccccc2)C(C[C@H](O)C2CCC(C(=O)OC(C)(C)C)CC2)n2cncc21. The number of aliphatic hydroxyl groups excluding tert-OH is 1. The summed E-state index contributed by atoms with van der Waals surface area (Å²) < 4.78 is 7.77. The van der Waals surface area contributed by atoms with Gasteiger partial charge in [0.05, 0.1) is 36.3 Å². The molecule has 0 bridgehead atoms. The predicted octanol–water partition coefficient (Wildman–Crippen LogP) is 5.27. The number of hydrogen-bond donors (Lipinski definition) is 1. The van der Waals surface area contributed by atoms with Gasteiger partial charge in [-0.1, -0.05) is 30.3 Å². The number of carbonyl (C=O) groups is 1. The van der Waals surface area contributed by atoms with E-state index in [1.54, 1.807) is 0 Å². The average Bonchev–Trinajstić information content (AvgIpc) is 3.31. The molecule has 5 nitrogen and oxygen atoms in total. The number of fused-ring (bicyclic) bond motifs is 1. The van der Waals surface area contributed by atoms with Crippen LogP contribution in [0.4, 0.5) is 0 Å². The standard InChI is InChI=1S/C26H34N2O3/c1-17-22-15-27-16-28(22)21(24(17)19-8-6-5-7-9-19)14-23(29)18-10-12-20(13-11-18)25(30)31-26(2,3)4/h5-9,15-16,18,20-21,23,29H,10-14H2,1-4H3/t18?,20?,21?,23-/m0/s1. The first-order chi connectivity index (χ1) is 14.7. The second-order valence-corrected chi connectivity index (χ2v) is 10.1. The summed E-state index contributed by atoms with van der Waals surface area (Å²) in [6.45, 7) is 7.87. The molecule has 1 N–H and O–H groups in total. The van der Waals surface area contributed by atoms with Gasteiger partial charge in [0, 0.05) is 0 Å². The molecule has 1 unspecified atom stereocenters. The first-order valence-corrected chi connectivity index (χ1v) is 11.4. The highest BCUT2D eigenvalue weighted by molar-refractivity contribution is 5.93. The van der Waals surface area contributed by atoms with Gasteiger partial charge in [0.25, 0.3) is 0 Å². The van der Waals surface area contributed by atoms with Crippen molar-refractivity contribution >= 4 is 17.1 Å². The monoisotopic (exact) mass is 422 g/mol. The lowest BCUT2D eigenvalue weighted by atomic mass is 9.77. The number of rotatable bonds is 5. The molecule has 0 saturated heterocycles. The lowest BCUT2D eigenvalue weighted by Crippen LogP contribution is -2.34. The van der Waals surface area contributed by atoms with Crippen molar-refractivity contribution < 1.29 is 14.6 Å². The predicted molar refractivity (Wildman–Crippen MR) is 122 cm³/mol. The van der Waals surface area contributed by atoms with E-state index in [9.17, 15) is 9.90 Å². The van der Waals surface area contributed by atoms with Crippen LogP contribution < -0.4 is 0 Å². The molecule has 2 aromatic rings. The zero-order valence-electron chi connectivity index (χ0n) is 19.0. The molecule has 1 aromatic carbocycles. The third kappa shape index (κ3) is 4.62. The van der Waals surface area contributed by atoms with E-state index in [-0.39, 0.29) is 23.8 Å². The van der Waals surface area contributed by atoms with E-state index in [0.29, 0.717) is 6.42 Å². The number of ether oxygens (including phenoxy) is 1. The van der Waals surface area contributed by atoms with Crippen LogP contribution in [0.25, 0.3) is 11.1 Å². The third-order valence-corrected chi connectivity index (χ3v) is 6.73. The molecule has 166 valence electrons. The molecule has 1 aliphatic carbocycles. The summed E-state index contributed by atoms with van der Waals surface area (Å²) in [6, 6.07) is 10.5. The van der Waals surface area contributed by atoms with Crippen LogP contribution in [0.15, 0.2) is 42.9 Å². The summed E-state index contributed by atoms with van der Waals surface area (Å²) in [7, 11) is 0. The Labute approximate surface area is 185 Å². The Morgan fingerprint density at radius 1 is 1.19 bits per heavy atom. The van der Waals surface area contributed by atoms with Gasteiger partial charge in [0.15, 0.2) is 0 Å². The molecule has 2 aliphatic rings. The minimum atomic E-state index is -0.448. The van der Waals surface area contributed by atoms with Crippen LogP contribution in [0.2, 0.25) is 0 Å². The first-order valence-electron chi connectivity index (χ1n) is 11.4. The Hall–Kier alpha value is -2.40. The topological polar surface area (TPSA) is 64.3 Å². The zero-order valence-corrected chi connectivity index (χ0v) is 19.0. The summed E-state index contributed by atoms with van der Waals surface area (Å²) in [5, 5.41) is 11.2. The molecule has 0 amide bonds. The van der Waals surface area contributed by atoms with Crippen molar-refractivity contribution in [2.24, 2.45) is 11.8 Å². The lowest BCUT2D eigenvalue weighted by molar-refractivity contribution is -0.161. The molecule has 1 aromatic heterocycles. The Kier molecular flexibility index (Phi) is 6.07. The summed E-state index contributed by atoms with van der Waals surface area (Å²) in [6.07, 6.45) is 7.34. The van der Waals surface area contributed by atoms with Crippen LogP contribution in [-0.4, -0.2) is 32.3 Å². The number of nitrogens with zero attached hydrogens (tertiary/aromatic N) is 2. The van der Waals surface area contributed by atoms with Gasteiger partial charge in [0.2, 0.25) is 0 Å². The van der Waals surface area contributed by atoms with E-state index in [1.807, 2.05) is 39.4 Å². The van der Waals surface area contributed by atoms with Gasteiger partial charge >= 0.3 is 5.97 Å². The maximum absolute atomic E-state index is 12.4. The van der Waals surface area contributed by atoms with Crippen molar-refractivity contribution in [1.29, 1.82) is 0 Å². The fourth-order valence-electron chi connectivity index (χ4n) is 5.17. The fraction of sp³-hybridized carbons (Fsp3) is 0.538. The van der Waals surface area contributed by atoms with E-state index in [1.165, 1.54) is 16.7 Å². The van der Waals surface area contributed by atoms with Gasteiger partial charge in [-0.2, -0.15) is 0 Å². The molecule has 1 fully saturated rings. The summed E-state index contributed by atoms with van der Waals surface area (Å²) in [5.74, 6) is 0.0734. The second kappa shape index (κ2) is 8.62. The molecule has 1 saturated carbocycles. The molecule has 0 spiro atoms. The Morgan fingerprint density at radius 2 is 1.87 bits per heavy atom. The van der Waals surface area contributed by atoms with Crippen LogP contribution in [-0.2, 0) is 9.53 Å². The van der Waals surface area contributed by atoms with Gasteiger partial charge in [0.1, 0.15) is 5.60 Å². The fourth-order valence-corrected chi connectivity index (χ4v) is 5.17. The number of aromatic nitrogens is 2. The van der Waals surface area contributed by atoms with Crippen molar-refractivity contribution in [1.82, 2.24) is 9.55 Å².